The Kier molecular flexibility index (Phi) is 6.11. The van der Waals surface area contributed by atoms with Crippen molar-refractivity contribution in [1.29, 1.82) is 0 Å². The van der Waals surface area contributed by atoms with Crippen LogP contribution in [0.3, 0.4) is 0 Å². The lowest BCUT2D eigenvalue weighted by atomic mass is 10.1. The van der Waals surface area contributed by atoms with E-state index in [1.54, 1.807) is 14.2 Å². The summed E-state index contributed by atoms with van der Waals surface area (Å²) in [6.07, 6.45) is 0.798. The molecule has 2 heterocycles. The van der Waals surface area contributed by atoms with Gasteiger partial charge in [0.25, 0.3) is 0 Å². The number of nitrogens with zero attached hydrogens (tertiary/aromatic N) is 4. The Morgan fingerprint density at radius 3 is 2.54 bits per heavy atom. The molecule has 0 bridgehead atoms. The molecule has 0 spiro atoms. The first-order valence-electron chi connectivity index (χ1n) is 9.14. The lowest BCUT2D eigenvalue weighted by molar-refractivity contribution is 0.0840. The number of aromatic nitrogens is 2. The van der Waals surface area contributed by atoms with Crippen molar-refractivity contribution in [3.8, 4) is 11.5 Å². The van der Waals surface area contributed by atoms with E-state index in [9.17, 15) is 0 Å². The van der Waals surface area contributed by atoms with Crippen molar-refractivity contribution < 1.29 is 14.0 Å². The molecule has 0 aliphatic carbocycles. The van der Waals surface area contributed by atoms with E-state index in [0.717, 1.165) is 62.0 Å². The van der Waals surface area contributed by atoms with E-state index in [1.807, 2.05) is 19.1 Å². The first-order chi connectivity index (χ1) is 12.6. The molecule has 26 heavy (non-hydrogen) atoms. The molecule has 1 aliphatic heterocycles. The molecule has 0 amide bonds. The second kappa shape index (κ2) is 8.51. The maximum absolute atomic E-state index is 5.50. The van der Waals surface area contributed by atoms with Crippen LogP contribution in [0.2, 0.25) is 0 Å². The number of aryl methyl sites for hydroxylation is 1. The van der Waals surface area contributed by atoms with Crippen LogP contribution in [0.15, 0.2) is 22.7 Å². The molecule has 1 unspecified atom stereocenters. The predicted molar refractivity (Wildman–Crippen MR) is 98.5 cm³/mol. The van der Waals surface area contributed by atoms with Gasteiger partial charge >= 0.3 is 0 Å². The molecule has 1 aromatic heterocycles. The van der Waals surface area contributed by atoms with Crippen LogP contribution in [-0.4, -0.2) is 60.3 Å². The van der Waals surface area contributed by atoms with Crippen molar-refractivity contribution in [3.63, 3.8) is 0 Å². The quantitative estimate of drug-likeness (QED) is 0.752. The molecule has 1 aromatic carbocycles. The third-order valence-corrected chi connectivity index (χ3v) is 4.99. The monoisotopic (exact) mass is 360 g/mol. The van der Waals surface area contributed by atoms with Crippen molar-refractivity contribution in [2.75, 3.05) is 40.4 Å². The van der Waals surface area contributed by atoms with E-state index in [0.29, 0.717) is 5.89 Å². The first kappa shape index (κ1) is 18.7. The van der Waals surface area contributed by atoms with Crippen LogP contribution in [0.5, 0.6) is 11.5 Å². The van der Waals surface area contributed by atoms with Gasteiger partial charge in [-0.05, 0) is 25.1 Å². The van der Waals surface area contributed by atoms with Crippen LogP contribution in [0.4, 0.5) is 0 Å². The van der Waals surface area contributed by atoms with E-state index in [-0.39, 0.29) is 6.04 Å². The summed E-state index contributed by atoms with van der Waals surface area (Å²) in [5.41, 5.74) is 1.15. The minimum atomic E-state index is 0.149. The highest BCUT2D eigenvalue weighted by Gasteiger charge is 2.26. The molecule has 0 saturated carbocycles. The highest BCUT2D eigenvalue weighted by atomic mass is 16.5. The van der Waals surface area contributed by atoms with E-state index >= 15 is 0 Å². The van der Waals surface area contributed by atoms with Gasteiger partial charge in [-0.15, -0.1) is 0 Å². The third-order valence-electron chi connectivity index (χ3n) is 4.99. The van der Waals surface area contributed by atoms with Crippen LogP contribution in [-0.2, 0) is 13.0 Å². The van der Waals surface area contributed by atoms with Gasteiger partial charge < -0.3 is 14.0 Å². The summed E-state index contributed by atoms with van der Waals surface area (Å²) < 4.78 is 16.2. The van der Waals surface area contributed by atoms with Crippen LogP contribution < -0.4 is 9.47 Å². The van der Waals surface area contributed by atoms with Crippen molar-refractivity contribution in [3.05, 3.63) is 35.5 Å². The largest absolute Gasteiger partial charge is 0.497 e. The standard InChI is InChI=1S/C19H28N4O3/c1-5-18-20-19(26-21-18)14(2)23-10-8-22(9-11-23)13-15-12-16(24-3)6-7-17(15)25-4/h6-7,12,14H,5,8-11,13H2,1-4H3. The Balaban J connectivity index is 1.58. The van der Waals surface area contributed by atoms with E-state index < -0.39 is 0 Å². The van der Waals surface area contributed by atoms with Crippen molar-refractivity contribution in [2.24, 2.45) is 0 Å². The lowest BCUT2D eigenvalue weighted by Gasteiger charge is -2.37. The normalized spacial score (nSPS) is 17.2. The summed E-state index contributed by atoms with van der Waals surface area (Å²) >= 11 is 0. The molecule has 0 N–H and O–H groups in total. The Bertz CT molecular complexity index is 711. The molecular weight excluding hydrogens is 332 g/mol. The first-order valence-corrected chi connectivity index (χ1v) is 9.14. The third kappa shape index (κ3) is 4.16. The fourth-order valence-corrected chi connectivity index (χ4v) is 3.29. The fraction of sp³-hybridized carbons (Fsp3) is 0.579. The molecule has 2 aromatic rings. The summed E-state index contributed by atoms with van der Waals surface area (Å²) in [7, 11) is 3.40. The Morgan fingerprint density at radius 1 is 1.15 bits per heavy atom. The van der Waals surface area contributed by atoms with Gasteiger partial charge in [-0.1, -0.05) is 12.1 Å². The Labute approximate surface area is 154 Å². The summed E-state index contributed by atoms with van der Waals surface area (Å²) in [6.45, 7) is 8.93. The van der Waals surface area contributed by atoms with E-state index in [2.05, 4.69) is 32.9 Å². The molecule has 1 saturated heterocycles. The second-order valence-corrected chi connectivity index (χ2v) is 6.57. The maximum atomic E-state index is 5.50. The molecule has 3 rings (SSSR count). The van der Waals surface area contributed by atoms with Crippen LogP contribution in [0.25, 0.3) is 0 Å². The van der Waals surface area contributed by atoms with Crippen molar-refractivity contribution in [2.45, 2.75) is 32.9 Å². The average molecular weight is 360 g/mol. The van der Waals surface area contributed by atoms with Crippen molar-refractivity contribution in [1.82, 2.24) is 19.9 Å². The molecular formula is C19H28N4O3. The summed E-state index contributed by atoms with van der Waals surface area (Å²) in [6, 6.07) is 6.10. The van der Waals surface area contributed by atoms with Gasteiger partial charge in [-0.25, -0.2) is 0 Å². The van der Waals surface area contributed by atoms with Crippen LogP contribution in [0, 0.1) is 0 Å². The minimum Gasteiger partial charge on any atom is -0.497 e. The topological polar surface area (TPSA) is 63.9 Å². The summed E-state index contributed by atoms with van der Waals surface area (Å²) in [5.74, 6) is 3.25. The number of hydrogen-bond acceptors (Lipinski definition) is 7. The van der Waals surface area contributed by atoms with Gasteiger partial charge in [0.05, 0.1) is 20.3 Å². The summed E-state index contributed by atoms with van der Waals surface area (Å²) in [5, 5.41) is 4.01. The number of hydrogen-bond donors (Lipinski definition) is 0. The maximum Gasteiger partial charge on any atom is 0.243 e. The van der Waals surface area contributed by atoms with Crippen molar-refractivity contribution >= 4 is 0 Å². The number of rotatable bonds is 7. The van der Waals surface area contributed by atoms with Gasteiger partial charge in [0.1, 0.15) is 11.5 Å². The highest BCUT2D eigenvalue weighted by Crippen LogP contribution is 2.26. The summed E-state index contributed by atoms with van der Waals surface area (Å²) in [4.78, 5) is 9.30. The van der Waals surface area contributed by atoms with E-state index in [4.69, 9.17) is 14.0 Å². The van der Waals surface area contributed by atoms with Gasteiger partial charge in [0, 0.05) is 44.7 Å². The average Bonchev–Trinajstić information content (AvgIpc) is 3.17. The predicted octanol–water partition coefficient (Wildman–Crippen LogP) is 2.53. The SMILES string of the molecule is CCc1noc(C(C)N2CCN(Cc3cc(OC)ccc3OC)CC2)n1. The fourth-order valence-electron chi connectivity index (χ4n) is 3.29. The molecule has 7 nitrogen and oxygen atoms in total. The van der Waals surface area contributed by atoms with Gasteiger partial charge in [-0.2, -0.15) is 4.98 Å². The molecule has 142 valence electrons. The number of piperazine rings is 1. The number of benzene rings is 1. The lowest BCUT2D eigenvalue weighted by Crippen LogP contribution is -2.46. The molecule has 1 aliphatic rings. The minimum absolute atomic E-state index is 0.149. The Morgan fingerprint density at radius 2 is 1.92 bits per heavy atom. The molecule has 0 radical (unpaired) electrons. The van der Waals surface area contributed by atoms with E-state index in [1.165, 1.54) is 0 Å². The molecule has 1 atom stereocenters. The zero-order valence-electron chi connectivity index (χ0n) is 16.1. The van der Waals surface area contributed by atoms with Gasteiger partial charge in [-0.3, -0.25) is 9.80 Å². The molecule has 7 heteroatoms. The smallest absolute Gasteiger partial charge is 0.243 e. The number of methoxy groups -OCH3 is 2. The van der Waals surface area contributed by atoms with Gasteiger partial charge in [0.15, 0.2) is 5.82 Å². The van der Waals surface area contributed by atoms with Gasteiger partial charge in [0.2, 0.25) is 5.89 Å². The molecule has 1 fully saturated rings. The van der Waals surface area contributed by atoms with Crippen LogP contribution in [0.1, 0.15) is 37.2 Å². The van der Waals surface area contributed by atoms with Crippen LogP contribution >= 0.6 is 0 Å². The second-order valence-electron chi connectivity index (χ2n) is 6.57. The number of ether oxygens (including phenoxy) is 2. The zero-order chi connectivity index (χ0) is 18.5. The Hall–Kier alpha value is -2.12. The highest BCUT2D eigenvalue weighted by molar-refractivity contribution is 5.40. The zero-order valence-corrected chi connectivity index (χ0v) is 16.1.